The molecule has 3 heteroatoms. The van der Waals surface area contributed by atoms with Crippen molar-refractivity contribution < 1.29 is 0 Å². The Bertz CT molecular complexity index is 2970. The van der Waals surface area contributed by atoms with E-state index in [9.17, 15) is 0 Å². The molecule has 0 aliphatic carbocycles. The zero-order chi connectivity index (χ0) is 33.0. The van der Waals surface area contributed by atoms with Crippen LogP contribution in [-0.4, -0.2) is 14.1 Å². The van der Waals surface area contributed by atoms with Crippen LogP contribution in [0.4, 0.5) is 0 Å². The summed E-state index contributed by atoms with van der Waals surface area (Å²) in [6, 6.07) is 63.7. The van der Waals surface area contributed by atoms with Crippen molar-refractivity contribution in [2.24, 2.45) is 0 Å². The number of aromatic nitrogens is 3. The first kappa shape index (κ1) is 28.3. The van der Waals surface area contributed by atoms with E-state index in [-0.39, 0.29) is 0 Å². The van der Waals surface area contributed by atoms with Crippen molar-refractivity contribution in [3.8, 4) is 22.5 Å². The largest absolute Gasteiger partial charge is 0.309 e. The predicted octanol–water partition coefficient (Wildman–Crippen LogP) is 12.4. The van der Waals surface area contributed by atoms with Gasteiger partial charge in [-0.1, -0.05) is 115 Å². The Morgan fingerprint density at radius 2 is 0.700 bits per heavy atom. The molecule has 0 amide bonds. The zero-order valence-corrected chi connectivity index (χ0v) is 27.2. The lowest BCUT2D eigenvalue weighted by molar-refractivity contribution is 1.17. The molecule has 0 aliphatic heterocycles. The van der Waals surface area contributed by atoms with E-state index in [2.05, 4.69) is 190 Å². The van der Waals surface area contributed by atoms with Crippen LogP contribution in [0.3, 0.4) is 0 Å². The second-order valence-electron chi connectivity index (χ2n) is 12.8. The number of nitrogens with zero attached hydrogens (tertiary/aromatic N) is 3. The van der Waals surface area contributed by atoms with Gasteiger partial charge in [0.05, 0.1) is 28.3 Å². The number of hydrogen-bond acceptors (Lipinski definition) is 1. The van der Waals surface area contributed by atoms with Gasteiger partial charge in [0.1, 0.15) is 0 Å². The number of fused-ring (bicyclic) bond motifs is 10. The molecule has 10 aromatic rings. The van der Waals surface area contributed by atoms with Crippen molar-refractivity contribution in [3.05, 3.63) is 188 Å². The molecule has 7 aromatic carbocycles. The molecule has 0 fully saturated rings. The molecule has 0 unspecified atom stereocenters. The molecule has 0 spiro atoms. The average Bonchev–Trinajstić information content (AvgIpc) is 3.54. The maximum Gasteiger partial charge on any atom is 0.0724 e. The van der Waals surface area contributed by atoms with Crippen LogP contribution in [-0.2, 0) is 0 Å². The van der Waals surface area contributed by atoms with Crippen molar-refractivity contribution in [2.45, 2.75) is 0 Å². The van der Waals surface area contributed by atoms with Crippen molar-refractivity contribution in [1.82, 2.24) is 14.1 Å². The van der Waals surface area contributed by atoms with Gasteiger partial charge in [-0.25, -0.2) is 0 Å². The van der Waals surface area contributed by atoms with Crippen LogP contribution in [0.15, 0.2) is 188 Å². The molecule has 0 atom stereocenters. The molecule has 3 heterocycles. The van der Waals surface area contributed by atoms with Gasteiger partial charge in [0.15, 0.2) is 0 Å². The number of benzene rings is 7. The minimum atomic E-state index is 1.10. The van der Waals surface area contributed by atoms with Crippen LogP contribution in [0.25, 0.3) is 87.7 Å². The molecule has 0 bridgehead atoms. The Kier molecular flexibility index (Phi) is 6.49. The third kappa shape index (κ3) is 4.41. The van der Waals surface area contributed by atoms with Gasteiger partial charge in [-0.15, -0.1) is 0 Å². The highest BCUT2D eigenvalue weighted by Gasteiger charge is 2.15. The third-order valence-electron chi connectivity index (χ3n) is 10.0. The minimum absolute atomic E-state index is 1.10. The minimum Gasteiger partial charge on any atom is -0.309 e. The lowest BCUT2D eigenvalue weighted by Crippen LogP contribution is -1.97. The van der Waals surface area contributed by atoms with E-state index in [0.29, 0.717) is 0 Å². The molecule has 3 nitrogen and oxygen atoms in total. The summed E-state index contributed by atoms with van der Waals surface area (Å²) in [5.74, 6) is 0. The molecule has 0 aliphatic rings. The van der Waals surface area contributed by atoms with Gasteiger partial charge < -0.3 is 9.13 Å². The van der Waals surface area contributed by atoms with Crippen LogP contribution in [0.5, 0.6) is 0 Å². The summed E-state index contributed by atoms with van der Waals surface area (Å²) in [6.45, 7) is 0. The monoisotopic (exact) mass is 637 g/mol. The summed E-state index contributed by atoms with van der Waals surface area (Å²) >= 11 is 0. The van der Waals surface area contributed by atoms with Crippen molar-refractivity contribution >= 4 is 65.2 Å². The predicted molar refractivity (Wildman–Crippen MR) is 211 cm³/mol. The van der Waals surface area contributed by atoms with Gasteiger partial charge in [0.2, 0.25) is 0 Å². The normalized spacial score (nSPS) is 11.6. The molecule has 0 N–H and O–H groups in total. The maximum absolute atomic E-state index is 4.51. The zero-order valence-electron chi connectivity index (χ0n) is 27.2. The summed E-state index contributed by atoms with van der Waals surface area (Å²) in [5, 5.41) is 9.67. The Balaban J connectivity index is 1.35. The topological polar surface area (TPSA) is 22.8 Å². The Hall–Kier alpha value is -6.71. The van der Waals surface area contributed by atoms with E-state index >= 15 is 0 Å². The fourth-order valence-corrected chi connectivity index (χ4v) is 7.82. The average molecular weight is 638 g/mol. The van der Waals surface area contributed by atoms with Crippen LogP contribution >= 0.6 is 0 Å². The summed E-state index contributed by atoms with van der Waals surface area (Å²) in [7, 11) is 0. The first-order valence-corrected chi connectivity index (χ1v) is 17.0. The highest BCUT2D eigenvalue weighted by atomic mass is 15.0. The highest BCUT2D eigenvalue weighted by molar-refractivity contribution is 6.20. The number of para-hydroxylation sites is 3. The van der Waals surface area contributed by atoms with Gasteiger partial charge in [0.25, 0.3) is 0 Å². The van der Waals surface area contributed by atoms with E-state index in [1.54, 1.807) is 0 Å². The van der Waals surface area contributed by atoms with Crippen molar-refractivity contribution in [2.75, 3.05) is 0 Å². The first-order chi connectivity index (χ1) is 24.8. The molecule has 234 valence electrons. The van der Waals surface area contributed by atoms with Gasteiger partial charge in [-0.2, -0.15) is 0 Å². The molecular weight excluding hydrogens is 607 g/mol. The molecule has 10 rings (SSSR count). The molecule has 0 saturated heterocycles. The van der Waals surface area contributed by atoms with Gasteiger partial charge in [-0.3, -0.25) is 4.98 Å². The van der Waals surface area contributed by atoms with Crippen LogP contribution in [0.2, 0.25) is 0 Å². The first-order valence-electron chi connectivity index (χ1n) is 17.0. The molecule has 0 saturated carbocycles. The van der Waals surface area contributed by atoms with Crippen molar-refractivity contribution in [1.29, 1.82) is 0 Å². The maximum atomic E-state index is 4.51. The number of pyridine rings is 1. The second kappa shape index (κ2) is 11.5. The lowest BCUT2D eigenvalue weighted by Gasteiger charge is -2.14. The third-order valence-corrected chi connectivity index (χ3v) is 10.0. The Morgan fingerprint density at radius 3 is 1.28 bits per heavy atom. The molecular formula is C47H31N3. The summed E-state index contributed by atoms with van der Waals surface area (Å²) < 4.78 is 4.74. The van der Waals surface area contributed by atoms with E-state index in [4.69, 9.17) is 0 Å². The summed E-state index contributed by atoms with van der Waals surface area (Å²) in [4.78, 5) is 4.51. The summed E-state index contributed by atoms with van der Waals surface area (Å²) in [5.41, 5.74) is 9.15. The van der Waals surface area contributed by atoms with Gasteiger partial charge in [0, 0.05) is 39.1 Å². The van der Waals surface area contributed by atoms with E-state index in [1.807, 2.05) is 12.4 Å². The fraction of sp³-hybridized carbons (Fsp3) is 0. The highest BCUT2D eigenvalue weighted by Crippen LogP contribution is 2.38. The van der Waals surface area contributed by atoms with E-state index < -0.39 is 0 Å². The Morgan fingerprint density at radius 1 is 0.300 bits per heavy atom. The van der Waals surface area contributed by atoms with Crippen LogP contribution in [0.1, 0.15) is 0 Å². The molecule has 0 radical (unpaired) electrons. The fourth-order valence-electron chi connectivity index (χ4n) is 7.82. The van der Waals surface area contributed by atoms with Crippen LogP contribution < -0.4 is 0 Å². The number of hydrogen-bond donors (Lipinski definition) is 0. The summed E-state index contributed by atoms with van der Waals surface area (Å²) in [6.07, 6.45) is 3.87. The second-order valence-corrected chi connectivity index (χ2v) is 12.8. The lowest BCUT2D eigenvalue weighted by atomic mass is 9.98. The molecule has 3 aromatic heterocycles. The molecule has 50 heavy (non-hydrogen) atoms. The van der Waals surface area contributed by atoms with E-state index in [0.717, 1.165) is 27.9 Å². The SMILES string of the molecule is c1ccc(-n2c3ccccc3c3ccccc3c3ccccc3c3cc(-c4ccc5c(c4)c4ccncc4n5-c4ccccc4)ccc32)cc1. The Labute approximate surface area is 289 Å². The quantitative estimate of drug-likeness (QED) is 0.189. The number of rotatable bonds is 3. The van der Waals surface area contributed by atoms with Gasteiger partial charge in [-0.05, 0) is 93.3 Å². The standard InChI is InChI=1S/C47H31N3/c1-3-13-34(14-4-1)49-44-22-12-11-21-40(44)38-19-9-7-17-36(38)37-18-8-10-20-39(37)42-29-32(23-25-45(42)49)33-24-26-46-43(30-33)41-27-28-48-31-47(41)50(46)35-15-5-2-6-16-35/h1-31H. The van der Waals surface area contributed by atoms with Gasteiger partial charge >= 0.3 is 0 Å². The smallest absolute Gasteiger partial charge is 0.0724 e. The van der Waals surface area contributed by atoms with Crippen LogP contribution in [0, 0.1) is 0 Å². The van der Waals surface area contributed by atoms with Crippen molar-refractivity contribution in [3.63, 3.8) is 0 Å². The van der Waals surface area contributed by atoms with E-state index in [1.165, 1.54) is 59.7 Å².